The average molecular weight is 168 g/mol. The summed E-state index contributed by atoms with van der Waals surface area (Å²) in [6, 6.07) is 1.69. The first-order valence-corrected chi connectivity index (χ1v) is 5.25. The highest BCUT2D eigenvalue weighted by atomic mass is 15.2. The second kappa shape index (κ2) is 3.35. The molecule has 12 heavy (non-hydrogen) atoms. The molecule has 2 rings (SSSR count). The number of rotatable bonds is 2. The van der Waals surface area contributed by atoms with E-state index in [0.29, 0.717) is 0 Å². The molecule has 2 atom stereocenters. The van der Waals surface area contributed by atoms with Crippen molar-refractivity contribution in [2.45, 2.75) is 38.8 Å². The van der Waals surface area contributed by atoms with Crippen molar-refractivity contribution in [3.05, 3.63) is 0 Å². The third-order valence-corrected chi connectivity index (χ3v) is 3.11. The Hall–Kier alpha value is -0.0800. The lowest BCUT2D eigenvalue weighted by Crippen LogP contribution is -2.36. The first-order valence-electron chi connectivity index (χ1n) is 5.25. The highest BCUT2D eigenvalue weighted by molar-refractivity contribution is 4.96. The van der Waals surface area contributed by atoms with Crippen molar-refractivity contribution in [1.82, 2.24) is 10.2 Å². The SMILES string of the molecule is CC(C)CN1CCC2NCCC21. The van der Waals surface area contributed by atoms with Gasteiger partial charge in [-0.3, -0.25) is 4.90 Å². The van der Waals surface area contributed by atoms with Crippen molar-refractivity contribution in [2.75, 3.05) is 19.6 Å². The number of hydrogen-bond donors (Lipinski definition) is 1. The Morgan fingerprint density at radius 3 is 3.00 bits per heavy atom. The van der Waals surface area contributed by atoms with E-state index in [1.165, 1.54) is 32.5 Å². The molecule has 2 nitrogen and oxygen atoms in total. The van der Waals surface area contributed by atoms with E-state index in [2.05, 4.69) is 24.1 Å². The van der Waals surface area contributed by atoms with Crippen LogP contribution in [0.2, 0.25) is 0 Å². The van der Waals surface area contributed by atoms with E-state index in [1.807, 2.05) is 0 Å². The number of likely N-dealkylation sites (tertiary alicyclic amines) is 1. The second-order valence-electron chi connectivity index (χ2n) is 4.59. The highest BCUT2D eigenvalue weighted by Gasteiger charge is 2.36. The number of nitrogens with one attached hydrogen (secondary N) is 1. The van der Waals surface area contributed by atoms with Crippen LogP contribution in [0.4, 0.5) is 0 Å². The van der Waals surface area contributed by atoms with E-state index in [9.17, 15) is 0 Å². The molecule has 0 radical (unpaired) electrons. The topological polar surface area (TPSA) is 15.3 Å². The van der Waals surface area contributed by atoms with Crippen LogP contribution in [0.25, 0.3) is 0 Å². The number of fused-ring (bicyclic) bond motifs is 1. The molecule has 0 bridgehead atoms. The lowest BCUT2D eigenvalue weighted by atomic mass is 10.1. The van der Waals surface area contributed by atoms with Gasteiger partial charge in [0.2, 0.25) is 0 Å². The van der Waals surface area contributed by atoms with Gasteiger partial charge in [-0.05, 0) is 25.3 Å². The summed E-state index contributed by atoms with van der Waals surface area (Å²) >= 11 is 0. The molecule has 2 fully saturated rings. The van der Waals surface area contributed by atoms with Crippen LogP contribution in [0.3, 0.4) is 0 Å². The maximum absolute atomic E-state index is 3.58. The molecule has 0 amide bonds. The molecule has 2 heterocycles. The Morgan fingerprint density at radius 1 is 1.42 bits per heavy atom. The predicted octanol–water partition coefficient (Wildman–Crippen LogP) is 1.08. The molecule has 70 valence electrons. The summed E-state index contributed by atoms with van der Waals surface area (Å²) in [6.45, 7) is 8.48. The Kier molecular flexibility index (Phi) is 2.37. The van der Waals surface area contributed by atoms with Crippen molar-refractivity contribution in [3.63, 3.8) is 0 Å². The Labute approximate surface area is 75.3 Å². The fraction of sp³-hybridized carbons (Fsp3) is 1.00. The average Bonchev–Trinajstić information content (AvgIpc) is 2.52. The summed E-state index contributed by atoms with van der Waals surface area (Å²) in [7, 11) is 0. The molecule has 0 aromatic heterocycles. The summed E-state index contributed by atoms with van der Waals surface area (Å²) in [5, 5.41) is 3.58. The van der Waals surface area contributed by atoms with Gasteiger partial charge >= 0.3 is 0 Å². The largest absolute Gasteiger partial charge is 0.312 e. The first-order chi connectivity index (χ1) is 5.77. The quantitative estimate of drug-likeness (QED) is 0.663. The number of hydrogen-bond acceptors (Lipinski definition) is 2. The second-order valence-corrected chi connectivity index (χ2v) is 4.59. The lowest BCUT2D eigenvalue weighted by molar-refractivity contribution is 0.226. The van der Waals surface area contributed by atoms with Gasteiger partial charge in [0.1, 0.15) is 0 Å². The van der Waals surface area contributed by atoms with Gasteiger partial charge in [-0.1, -0.05) is 13.8 Å². The monoisotopic (exact) mass is 168 g/mol. The summed E-state index contributed by atoms with van der Waals surface area (Å²) < 4.78 is 0. The zero-order valence-corrected chi connectivity index (χ0v) is 8.21. The molecule has 0 saturated carbocycles. The van der Waals surface area contributed by atoms with Crippen LogP contribution in [0, 0.1) is 5.92 Å². The Bertz CT molecular complexity index is 156. The fourth-order valence-electron chi connectivity index (χ4n) is 2.65. The normalized spacial score (nSPS) is 36.2. The predicted molar refractivity (Wildman–Crippen MR) is 51.2 cm³/mol. The van der Waals surface area contributed by atoms with Gasteiger partial charge in [-0.2, -0.15) is 0 Å². The molecule has 0 aliphatic carbocycles. The van der Waals surface area contributed by atoms with Gasteiger partial charge < -0.3 is 5.32 Å². The Balaban J connectivity index is 1.91. The fourth-order valence-corrected chi connectivity index (χ4v) is 2.65. The zero-order valence-electron chi connectivity index (χ0n) is 8.21. The number of nitrogens with zero attached hydrogens (tertiary/aromatic N) is 1. The smallest absolute Gasteiger partial charge is 0.0262 e. The first kappa shape index (κ1) is 8.52. The Morgan fingerprint density at radius 2 is 2.25 bits per heavy atom. The van der Waals surface area contributed by atoms with Crippen LogP contribution in [0.5, 0.6) is 0 Å². The van der Waals surface area contributed by atoms with E-state index >= 15 is 0 Å². The van der Waals surface area contributed by atoms with Crippen LogP contribution in [-0.2, 0) is 0 Å². The van der Waals surface area contributed by atoms with E-state index in [0.717, 1.165) is 18.0 Å². The van der Waals surface area contributed by atoms with E-state index in [1.54, 1.807) is 0 Å². The summed E-state index contributed by atoms with van der Waals surface area (Å²) in [6.07, 6.45) is 2.74. The minimum absolute atomic E-state index is 0.823. The molecule has 2 unspecified atom stereocenters. The van der Waals surface area contributed by atoms with Gasteiger partial charge in [0.25, 0.3) is 0 Å². The molecular weight excluding hydrogens is 148 g/mol. The van der Waals surface area contributed by atoms with E-state index in [-0.39, 0.29) is 0 Å². The van der Waals surface area contributed by atoms with Gasteiger partial charge in [0.05, 0.1) is 0 Å². The van der Waals surface area contributed by atoms with Crippen molar-refractivity contribution in [3.8, 4) is 0 Å². The van der Waals surface area contributed by atoms with Crippen LogP contribution in [-0.4, -0.2) is 36.6 Å². The molecule has 1 N–H and O–H groups in total. The van der Waals surface area contributed by atoms with Crippen LogP contribution >= 0.6 is 0 Å². The standard InChI is InChI=1S/C10H20N2/c1-8(2)7-12-6-4-9-10(12)3-5-11-9/h8-11H,3-7H2,1-2H3. The molecule has 2 aliphatic heterocycles. The van der Waals surface area contributed by atoms with Crippen molar-refractivity contribution in [2.24, 2.45) is 5.92 Å². The third-order valence-electron chi connectivity index (χ3n) is 3.11. The van der Waals surface area contributed by atoms with Gasteiger partial charge in [0.15, 0.2) is 0 Å². The maximum atomic E-state index is 3.58. The summed E-state index contributed by atoms with van der Waals surface area (Å²) in [5.74, 6) is 0.823. The van der Waals surface area contributed by atoms with Gasteiger partial charge in [0, 0.05) is 25.2 Å². The minimum Gasteiger partial charge on any atom is -0.312 e. The summed E-state index contributed by atoms with van der Waals surface area (Å²) in [5.41, 5.74) is 0. The molecular formula is C10H20N2. The van der Waals surface area contributed by atoms with Crippen LogP contribution in [0.1, 0.15) is 26.7 Å². The van der Waals surface area contributed by atoms with Crippen molar-refractivity contribution in [1.29, 1.82) is 0 Å². The van der Waals surface area contributed by atoms with Crippen molar-refractivity contribution >= 4 is 0 Å². The lowest BCUT2D eigenvalue weighted by Gasteiger charge is -2.24. The molecule has 2 aliphatic rings. The summed E-state index contributed by atoms with van der Waals surface area (Å²) in [4.78, 5) is 2.68. The van der Waals surface area contributed by atoms with Crippen LogP contribution < -0.4 is 5.32 Å². The van der Waals surface area contributed by atoms with Crippen LogP contribution in [0.15, 0.2) is 0 Å². The van der Waals surface area contributed by atoms with E-state index in [4.69, 9.17) is 0 Å². The molecule has 2 saturated heterocycles. The molecule has 0 spiro atoms. The minimum atomic E-state index is 0.823. The van der Waals surface area contributed by atoms with Gasteiger partial charge in [-0.25, -0.2) is 0 Å². The molecule has 0 aromatic rings. The highest BCUT2D eigenvalue weighted by Crippen LogP contribution is 2.25. The zero-order chi connectivity index (χ0) is 8.55. The molecule has 0 aromatic carbocycles. The maximum Gasteiger partial charge on any atom is 0.0262 e. The van der Waals surface area contributed by atoms with Crippen molar-refractivity contribution < 1.29 is 0 Å². The van der Waals surface area contributed by atoms with Gasteiger partial charge in [-0.15, -0.1) is 0 Å². The molecule has 2 heteroatoms. The third kappa shape index (κ3) is 1.50. The van der Waals surface area contributed by atoms with E-state index < -0.39 is 0 Å².